The number of halogens is 2. The highest BCUT2D eigenvalue weighted by Gasteiger charge is 2.08. The summed E-state index contributed by atoms with van der Waals surface area (Å²) in [5, 5.41) is 3.35. The lowest BCUT2D eigenvalue weighted by molar-refractivity contribution is 0.100. The number of aliphatic imine (C=N–C) groups is 1. The number of hydrogen-bond donors (Lipinski definition) is 3. The fraction of sp³-hybridized carbons (Fsp3) is 0.154. The standard InChI is InChI=1S/C13H16F2N5OP/c1-6(3-10(16)20-7(2)12(14)15)19-11-4-9(22)8(5-18-11)13(17)21/h3-5,12H,1,16,22H2,2H3,(H2,17,21)(H,18,19)/b10-3-,20-7+. The Labute approximate surface area is 128 Å². The number of nitrogens with zero attached hydrogens (tertiary/aromatic N) is 2. The molecule has 0 aliphatic rings. The van der Waals surface area contributed by atoms with Crippen molar-refractivity contribution >= 4 is 32.0 Å². The van der Waals surface area contributed by atoms with Crippen molar-refractivity contribution in [3.63, 3.8) is 0 Å². The van der Waals surface area contributed by atoms with E-state index in [1.165, 1.54) is 19.2 Å². The van der Waals surface area contributed by atoms with Gasteiger partial charge in [0.05, 0.1) is 11.3 Å². The van der Waals surface area contributed by atoms with Gasteiger partial charge in [-0.05, 0) is 18.3 Å². The molecule has 0 saturated heterocycles. The number of rotatable bonds is 6. The third kappa shape index (κ3) is 5.21. The minimum Gasteiger partial charge on any atom is -0.384 e. The minimum absolute atomic E-state index is 0.116. The number of alkyl halides is 2. The smallest absolute Gasteiger partial charge is 0.276 e. The van der Waals surface area contributed by atoms with E-state index >= 15 is 0 Å². The summed E-state index contributed by atoms with van der Waals surface area (Å²) in [4.78, 5) is 18.6. The van der Waals surface area contributed by atoms with E-state index in [-0.39, 0.29) is 11.4 Å². The van der Waals surface area contributed by atoms with Crippen molar-refractivity contribution in [1.29, 1.82) is 0 Å². The van der Waals surface area contributed by atoms with Gasteiger partial charge in [0, 0.05) is 18.0 Å². The predicted molar refractivity (Wildman–Crippen MR) is 86.2 cm³/mol. The Bertz CT molecular complexity index is 658. The molecule has 1 amide bonds. The van der Waals surface area contributed by atoms with Gasteiger partial charge < -0.3 is 16.8 Å². The molecule has 1 unspecified atom stereocenters. The van der Waals surface area contributed by atoms with Crippen LogP contribution >= 0.6 is 9.24 Å². The van der Waals surface area contributed by atoms with Gasteiger partial charge in [-0.25, -0.2) is 18.8 Å². The molecule has 0 spiro atoms. The van der Waals surface area contributed by atoms with Gasteiger partial charge in [-0.3, -0.25) is 4.79 Å². The largest absolute Gasteiger partial charge is 0.384 e. The Morgan fingerprint density at radius 2 is 2.18 bits per heavy atom. The van der Waals surface area contributed by atoms with Crippen LogP contribution in [0.3, 0.4) is 0 Å². The first-order valence-electron chi connectivity index (χ1n) is 6.02. The maximum Gasteiger partial charge on any atom is 0.276 e. The molecule has 5 N–H and O–H groups in total. The van der Waals surface area contributed by atoms with Gasteiger partial charge in [0.2, 0.25) is 0 Å². The summed E-state index contributed by atoms with van der Waals surface area (Å²) in [6.45, 7) is 4.84. The van der Waals surface area contributed by atoms with Crippen molar-refractivity contribution in [2.75, 3.05) is 5.32 Å². The van der Waals surface area contributed by atoms with Crippen molar-refractivity contribution < 1.29 is 13.6 Å². The number of anilines is 1. The monoisotopic (exact) mass is 327 g/mol. The topological polar surface area (TPSA) is 106 Å². The summed E-state index contributed by atoms with van der Waals surface area (Å²) in [6, 6.07) is 1.56. The molecule has 1 atom stereocenters. The zero-order valence-corrected chi connectivity index (χ0v) is 13.0. The van der Waals surface area contributed by atoms with Crippen molar-refractivity contribution in [2.45, 2.75) is 13.3 Å². The molecule has 1 rings (SSSR count). The van der Waals surface area contributed by atoms with Crippen molar-refractivity contribution in [3.8, 4) is 0 Å². The van der Waals surface area contributed by atoms with Crippen LogP contribution in [0.1, 0.15) is 17.3 Å². The van der Waals surface area contributed by atoms with Crippen molar-refractivity contribution in [2.24, 2.45) is 16.5 Å². The fourth-order valence-corrected chi connectivity index (χ4v) is 1.78. The third-order valence-electron chi connectivity index (χ3n) is 2.43. The summed E-state index contributed by atoms with van der Waals surface area (Å²) < 4.78 is 24.6. The minimum atomic E-state index is -2.67. The van der Waals surface area contributed by atoms with Crippen LogP contribution in [0.15, 0.2) is 41.4 Å². The Balaban J connectivity index is 2.83. The summed E-state index contributed by atoms with van der Waals surface area (Å²) in [5.41, 5.74) is 10.9. The molecule has 9 heteroatoms. The predicted octanol–water partition coefficient (Wildman–Crippen LogP) is 1.13. The van der Waals surface area contributed by atoms with Crippen molar-refractivity contribution in [3.05, 3.63) is 42.0 Å². The van der Waals surface area contributed by atoms with Crippen LogP contribution in [0.25, 0.3) is 0 Å². The lowest BCUT2D eigenvalue weighted by Gasteiger charge is -2.08. The quantitative estimate of drug-likeness (QED) is 0.414. The SMILES string of the molecule is C=C(/C=C(N)\N=C(/C)C(F)F)Nc1cc(P)c(C(N)=O)cn1. The Morgan fingerprint density at radius 1 is 1.55 bits per heavy atom. The number of hydrogen-bond acceptors (Lipinski definition) is 5. The molecule has 0 saturated carbocycles. The highest BCUT2D eigenvalue weighted by molar-refractivity contribution is 7.27. The van der Waals surface area contributed by atoms with Gasteiger partial charge in [0.1, 0.15) is 11.6 Å². The van der Waals surface area contributed by atoms with Gasteiger partial charge in [0.15, 0.2) is 0 Å². The Kier molecular flexibility index (Phi) is 6.12. The molecule has 1 heterocycles. The zero-order valence-electron chi connectivity index (χ0n) is 11.8. The normalized spacial score (nSPS) is 12.4. The van der Waals surface area contributed by atoms with Crippen LogP contribution in [-0.2, 0) is 0 Å². The number of nitrogens with one attached hydrogen (secondary N) is 1. The molecule has 0 bridgehead atoms. The molecule has 0 aliphatic heterocycles. The lowest BCUT2D eigenvalue weighted by atomic mass is 10.2. The van der Waals surface area contributed by atoms with Gasteiger partial charge in [-0.1, -0.05) is 6.58 Å². The van der Waals surface area contributed by atoms with Crippen LogP contribution in [0.2, 0.25) is 0 Å². The van der Waals surface area contributed by atoms with E-state index in [0.717, 1.165) is 0 Å². The van der Waals surface area contributed by atoms with E-state index in [0.29, 0.717) is 16.8 Å². The summed E-state index contributed by atoms with van der Waals surface area (Å²) in [5.74, 6) is -0.322. The maximum atomic E-state index is 12.3. The number of pyridine rings is 1. The molecular weight excluding hydrogens is 311 g/mol. The molecule has 22 heavy (non-hydrogen) atoms. The molecule has 0 radical (unpaired) electrons. The number of aromatic nitrogens is 1. The van der Waals surface area contributed by atoms with Crippen LogP contribution in [0, 0.1) is 0 Å². The molecule has 6 nitrogen and oxygen atoms in total. The third-order valence-corrected chi connectivity index (χ3v) is 2.91. The first kappa shape index (κ1) is 17.7. The molecule has 1 aromatic heterocycles. The van der Waals surface area contributed by atoms with Crippen LogP contribution in [0.5, 0.6) is 0 Å². The molecule has 118 valence electrons. The van der Waals surface area contributed by atoms with E-state index in [4.69, 9.17) is 11.5 Å². The molecule has 0 aliphatic carbocycles. The number of nitrogens with two attached hydrogens (primary N) is 2. The fourth-order valence-electron chi connectivity index (χ4n) is 1.41. The number of carbonyl (C=O) groups excluding carboxylic acids is 1. The van der Waals surface area contributed by atoms with Gasteiger partial charge >= 0.3 is 0 Å². The summed E-state index contributed by atoms with van der Waals surface area (Å²) >= 11 is 0. The van der Waals surface area contributed by atoms with Crippen LogP contribution in [-0.4, -0.2) is 23.0 Å². The second-order valence-electron chi connectivity index (χ2n) is 4.29. The highest BCUT2D eigenvalue weighted by Crippen LogP contribution is 2.10. The van der Waals surface area contributed by atoms with E-state index < -0.39 is 18.0 Å². The van der Waals surface area contributed by atoms with Crippen LogP contribution < -0.4 is 22.1 Å². The summed E-state index contributed by atoms with van der Waals surface area (Å²) in [6.07, 6.45) is -0.0688. The maximum absolute atomic E-state index is 12.3. The Morgan fingerprint density at radius 3 is 2.68 bits per heavy atom. The van der Waals surface area contributed by atoms with Gasteiger partial charge in [0.25, 0.3) is 12.3 Å². The molecule has 1 aromatic rings. The lowest BCUT2D eigenvalue weighted by Crippen LogP contribution is -2.19. The average molecular weight is 327 g/mol. The Hall–Kier alpha value is -2.34. The van der Waals surface area contributed by atoms with Gasteiger partial charge in [-0.2, -0.15) is 0 Å². The molecule has 0 aromatic carbocycles. The number of amides is 1. The first-order chi connectivity index (χ1) is 10.2. The zero-order chi connectivity index (χ0) is 16.9. The number of primary amides is 1. The van der Waals surface area contributed by atoms with E-state index in [1.807, 2.05) is 0 Å². The van der Waals surface area contributed by atoms with Crippen molar-refractivity contribution in [1.82, 2.24) is 4.98 Å². The first-order valence-corrected chi connectivity index (χ1v) is 6.60. The second kappa shape index (κ2) is 7.61. The number of allylic oxidation sites excluding steroid dienone is 1. The van der Waals surface area contributed by atoms with E-state index in [9.17, 15) is 13.6 Å². The average Bonchev–Trinajstić information content (AvgIpc) is 2.37. The number of carbonyl (C=O) groups is 1. The van der Waals surface area contributed by atoms with E-state index in [2.05, 4.69) is 31.1 Å². The highest BCUT2D eigenvalue weighted by atomic mass is 31.0. The second-order valence-corrected chi connectivity index (χ2v) is 4.92. The van der Waals surface area contributed by atoms with E-state index in [1.54, 1.807) is 6.07 Å². The molecule has 0 fully saturated rings. The molecular formula is C13H16F2N5OP. The van der Waals surface area contributed by atoms with Gasteiger partial charge in [-0.15, -0.1) is 9.24 Å². The summed E-state index contributed by atoms with van der Waals surface area (Å²) in [7, 11) is 2.36. The van der Waals surface area contributed by atoms with Crippen LogP contribution in [0.4, 0.5) is 14.6 Å².